The van der Waals surface area contributed by atoms with Crippen molar-refractivity contribution in [2.45, 2.75) is 0 Å². The van der Waals surface area contributed by atoms with Crippen LogP contribution >= 0.6 is 0 Å². The third kappa shape index (κ3) is 2.52. The fourth-order valence-corrected chi connectivity index (χ4v) is 1.75. The SMILES string of the molecule is CN(C)C(=O)c1c(Nc2ccccc2N)cnn1C. The number of nitrogens with one attached hydrogen (secondary N) is 1. The Balaban J connectivity index is 2.37. The molecule has 1 aromatic heterocycles. The van der Waals surface area contributed by atoms with Gasteiger partial charge in [-0.15, -0.1) is 0 Å². The van der Waals surface area contributed by atoms with Crippen LogP contribution in [-0.4, -0.2) is 34.7 Å². The molecule has 2 rings (SSSR count). The molecule has 0 saturated heterocycles. The van der Waals surface area contributed by atoms with Crippen molar-refractivity contribution in [3.8, 4) is 0 Å². The lowest BCUT2D eigenvalue weighted by molar-refractivity contribution is 0.0818. The second-order valence-corrected chi connectivity index (χ2v) is 4.44. The zero-order valence-corrected chi connectivity index (χ0v) is 11.2. The van der Waals surface area contributed by atoms with E-state index in [2.05, 4.69) is 10.4 Å². The normalized spacial score (nSPS) is 10.3. The predicted molar refractivity (Wildman–Crippen MR) is 75.4 cm³/mol. The monoisotopic (exact) mass is 259 g/mol. The smallest absolute Gasteiger partial charge is 0.273 e. The molecule has 0 atom stereocenters. The van der Waals surface area contributed by atoms with Gasteiger partial charge in [-0.05, 0) is 12.1 Å². The van der Waals surface area contributed by atoms with E-state index in [4.69, 9.17) is 5.73 Å². The number of nitrogen functional groups attached to an aromatic ring is 1. The number of hydrogen-bond acceptors (Lipinski definition) is 4. The van der Waals surface area contributed by atoms with E-state index in [0.29, 0.717) is 17.1 Å². The number of anilines is 3. The van der Waals surface area contributed by atoms with Crippen LogP contribution in [0.3, 0.4) is 0 Å². The molecule has 0 radical (unpaired) electrons. The molecule has 0 spiro atoms. The first kappa shape index (κ1) is 12.9. The molecule has 1 amide bonds. The van der Waals surface area contributed by atoms with Crippen LogP contribution < -0.4 is 11.1 Å². The molecule has 1 heterocycles. The van der Waals surface area contributed by atoms with Gasteiger partial charge in [-0.1, -0.05) is 12.1 Å². The summed E-state index contributed by atoms with van der Waals surface area (Å²) in [5.74, 6) is -0.114. The maximum Gasteiger partial charge on any atom is 0.273 e. The number of hydrogen-bond donors (Lipinski definition) is 2. The molecule has 0 saturated carbocycles. The van der Waals surface area contributed by atoms with E-state index >= 15 is 0 Å². The Hall–Kier alpha value is -2.50. The fourth-order valence-electron chi connectivity index (χ4n) is 1.75. The average Bonchev–Trinajstić information content (AvgIpc) is 2.72. The van der Waals surface area contributed by atoms with Crippen LogP contribution in [0.15, 0.2) is 30.5 Å². The van der Waals surface area contributed by atoms with Gasteiger partial charge < -0.3 is 16.0 Å². The van der Waals surface area contributed by atoms with Crippen molar-refractivity contribution >= 4 is 23.0 Å². The number of aromatic nitrogens is 2. The van der Waals surface area contributed by atoms with E-state index in [-0.39, 0.29) is 5.91 Å². The fraction of sp³-hybridized carbons (Fsp3) is 0.231. The van der Waals surface area contributed by atoms with Crippen LogP contribution in [-0.2, 0) is 7.05 Å². The minimum atomic E-state index is -0.114. The maximum atomic E-state index is 12.1. The summed E-state index contributed by atoms with van der Waals surface area (Å²) in [7, 11) is 5.14. The molecule has 6 nitrogen and oxygen atoms in total. The van der Waals surface area contributed by atoms with Crippen molar-refractivity contribution in [1.82, 2.24) is 14.7 Å². The molecular formula is C13H17N5O. The largest absolute Gasteiger partial charge is 0.397 e. The summed E-state index contributed by atoms with van der Waals surface area (Å²) in [6.45, 7) is 0. The van der Waals surface area contributed by atoms with Crippen molar-refractivity contribution in [2.75, 3.05) is 25.1 Å². The molecule has 19 heavy (non-hydrogen) atoms. The van der Waals surface area contributed by atoms with E-state index < -0.39 is 0 Å². The van der Waals surface area contributed by atoms with E-state index in [1.165, 1.54) is 4.90 Å². The van der Waals surface area contributed by atoms with E-state index in [9.17, 15) is 4.79 Å². The van der Waals surface area contributed by atoms with E-state index in [0.717, 1.165) is 5.69 Å². The summed E-state index contributed by atoms with van der Waals surface area (Å²) in [6.07, 6.45) is 1.61. The van der Waals surface area contributed by atoms with Crippen LogP contribution in [0.4, 0.5) is 17.1 Å². The Bertz CT molecular complexity index is 603. The quantitative estimate of drug-likeness (QED) is 0.818. The molecule has 0 aliphatic heterocycles. The van der Waals surface area contributed by atoms with E-state index in [1.807, 2.05) is 18.2 Å². The second kappa shape index (κ2) is 5.01. The van der Waals surface area contributed by atoms with Crippen LogP contribution in [0.2, 0.25) is 0 Å². The van der Waals surface area contributed by atoms with Gasteiger partial charge in [0, 0.05) is 21.1 Å². The molecule has 0 aliphatic rings. The van der Waals surface area contributed by atoms with Crippen LogP contribution in [0.5, 0.6) is 0 Å². The highest BCUT2D eigenvalue weighted by Gasteiger charge is 2.18. The average molecular weight is 259 g/mol. The van der Waals surface area contributed by atoms with Gasteiger partial charge >= 0.3 is 0 Å². The summed E-state index contributed by atoms with van der Waals surface area (Å²) >= 11 is 0. The van der Waals surface area contributed by atoms with Gasteiger partial charge in [0.25, 0.3) is 5.91 Å². The predicted octanol–water partition coefficient (Wildman–Crippen LogP) is 1.45. The topological polar surface area (TPSA) is 76.2 Å². The molecule has 3 N–H and O–H groups in total. The second-order valence-electron chi connectivity index (χ2n) is 4.44. The first-order chi connectivity index (χ1) is 9.00. The summed E-state index contributed by atoms with van der Waals surface area (Å²) in [5, 5.41) is 7.25. The standard InChI is InChI=1S/C13H17N5O/c1-17(2)13(19)12-11(8-15-18(12)3)16-10-7-5-4-6-9(10)14/h4-8,16H,14H2,1-3H3. The van der Waals surface area contributed by atoms with Crippen molar-refractivity contribution in [3.63, 3.8) is 0 Å². The number of aryl methyl sites for hydroxylation is 1. The maximum absolute atomic E-state index is 12.1. The van der Waals surface area contributed by atoms with E-state index in [1.54, 1.807) is 38.1 Å². The zero-order valence-electron chi connectivity index (χ0n) is 11.2. The van der Waals surface area contributed by atoms with Gasteiger partial charge in [0.15, 0.2) is 0 Å². The molecule has 1 aromatic carbocycles. The minimum Gasteiger partial charge on any atom is -0.397 e. The number of nitrogens with zero attached hydrogens (tertiary/aromatic N) is 3. The van der Waals surface area contributed by atoms with Gasteiger partial charge in [0.2, 0.25) is 0 Å². The Kier molecular flexibility index (Phi) is 3.41. The molecule has 0 aliphatic carbocycles. The first-order valence-electron chi connectivity index (χ1n) is 5.86. The number of benzene rings is 1. The number of carbonyl (C=O) groups is 1. The summed E-state index contributed by atoms with van der Waals surface area (Å²) in [5.41, 5.74) is 8.38. The molecule has 6 heteroatoms. The van der Waals surface area contributed by atoms with Gasteiger partial charge in [-0.2, -0.15) is 5.10 Å². The number of para-hydroxylation sites is 2. The van der Waals surface area contributed by atoms with Crippen molar-refractivity contribution < 1.29 is 4.79 Å². The minimum absolute atomic E-state index is 0.114. The first-order valence-corrected chi connectivity index (χ1v) is 5.86. The van der Waals surface area contributed by atoms with Crippen LogP contribution in [0, 0.1) is 0 Å². The third-order valence-corrected chi connectivity index (χ3v) is 2.78. The number of amides is 1. The molecular weight excluding hydrogens is 242 g/mol. The lowest BCUT2D eigenvalue weighted by Crippen LogP contribution is -2.25. The Morgan fingerprint density at radius 2 is 2.00 bits per heavy atom. The summed E-state index contributed by atoms with van der Waals surface area (Å²) in [6, 6.07) is 7.39. The number of nitrogens with two attached hydrogens (primary N) is 1. The summed E-state index contributed by atoms with van der Waals surface area (Å²) < 4.78 is 1.55. The lowest BCUT2D eigenvalue weighted by Gasteiger charge is -2.13. The highest BCUT2D eigenvalue weighted by molar-refractivity contribution is 5.98. The Labute approximate surface area is 111 Å². The van der Waals surface area contributed by atoms with Gasteiger partial charge in [0.05, 0.1) is 23.3 Å². The Morgan fingerprint density at radius 3 is 2.63 bits per heavy atom. The van der Waals surface area contributed by atoms with Crippen LogP contribution in [0.25, 0.3) is 0 Å². The summed E-state index contributed by atoms with van der Waals surface area (Å²) in [4.78, 5) is 13.6. The molecule has 0 fully saturated rings. The molecule has 2 aromatic rings. The van der Waals surface area contributed by atoms with Crippen molar-refractivity contribution in [3.05, 3.63) is 36.2 Å². The van der Waals surface area contributed by atoms with Crippen LogP contribution in [0.1, 0.15) is 10.5 Å². The highest BCUT2D eigenvalue weighted by Crippen LogP contribution is 2.25. The number of rotatable bonds is 3. The lowest BCUT2D eigenvalue weighted by atomic mass is 10.2. The highest BCUT2D eigenvalue weighted by atomic mass is 16.2. The molecule has 100 valence electrons. The number of carbonyl (C=O) groups excluding carboxylic acids is 1. The van der Waals surface area contributed by atoms with Crippen molar-refractivity contribution in [2.24, 2.45) is 7.05 Å². The van der Waals surface area contributed by atoms with Gasteiger partial charge in [-0.3, -0.25) is 9.48 Å². The molecule has 0 bridgehead atoms. The Morgan fingerprint density at radius 1 is 1.32 bits per heavy atom. The van der Waals surface area contributed by atoms with Gasteiger partial charge in [0.1, 0.15) is 5.69 Å². The third-order valence-electron chi connectivity index (χ3n) is 2.78. The van der Waals surface area contributed by atoms with Gasteiger partial charge in [-0.25, -0.2) is 0 Å². The van der Waals surface area contributed by atoms with Crippen molar-refractivity contribution in [1.29, 1.82) is 0 Å². The molecule has 0 unspecified atom stereocenters. The zero-order chi connectivity index (χ0) is 14.0.